The Morgan fingerprint density at radius 1 is 1.30 bits per heavy atom. The molecule has 2 aliphatic rings. The molecule has 3 atom stereocenters. The van der Waals surface area contributed by atoms with Crippen LogP contribution in [0.5, 0.6) is 0 Å². The lowest BCUT2D eigenvalue weighted by molar-refractivity contribution is -0.129. The van der Waals surface area contributed by atoms with Crippen LogP contribution in [0.15, 0.2) is 18.2 Å². The van der Waals surface area contributed by atoms with E-state index in [1.807, 2.05) is 13.0 Å². The fraction of sp³-hybridized carbons (Fsp3) is 0.529. The van der Waals surface area contributed by atoms with E-state index in [2.05, 4.69) is 16.0 Å². The van der Waals surface area contributed by atoms with Gasteiger partial charge in [0, 0.05) is 22.8 Å². The van der Waals surface area contributed by atoms with Gasteiger partial charge in [0.05, 0.1) is 12.5 Å². The van der Waals surface area contributed by atoms with Gasteiger partial charge in [0.1, 0.15) is 0 Å². The standard InChI is InChI=1S/C17H22ClN3O2/c1-10-11(18)5-4-8-12(10)20-16(22)9-15-17(23)21-14-7-3-2-6-13(14)19-15/h4-5,8,13-15,19H,2-3,6-7,9H2,1H3,(H,20,22)(H,21,23)/t13-,14+,15-/m0/s1. The molecule has 2 amide bonds. The van der Waals surface area contributed by atoms with Crippen molar-refractivity contribution < 1.29 is 9.59 Å². The molecule has 1 aliphatic heterocycles. The summed E-state index contributed by atoms with van der Waals surface area (Å²) in [6.45, 7) is 1.86. The number of carbonyl (C=O) groups is 2. The second kappa shape index (κ2) is 6.89. The molecule has 0 aromatic heterocycles. The maximum Gasteiger partial charge on any atom is 0.237 e. The minimum absolute atomic E-state index is 0.0777. The highest BCUT2D eigenvalue weighted by molar-refractivity contribution is 6.31. The van der Waals surface area contributed by atoms with Gasteiger partial charge in [-0.2, -0.15) is 0 Å². The molecule has 1 saturated carbocycles. The van der Waals surface area contributed by atoms with Gasteiger partial charge in [0.15, 0.2) is 0 Å². The summed E-state index contributed by atoms with van der Waals surface area (Å²) in [6, 6.07) is 5.42. The van der Waals surface area contributed by atoms with Crippen LogP contribution in [-0.4, -0.2) is 29.9 Å². The van der Waals surface area contributed by atoms with E-state index >= 15 is 0 Å². The molecule has 5 nitrogen and oxygen atoms in total. The molecule has 1 aliphatic carbocycles. The highest BCUT2D eigenvalue weighted by Gasteiger charge is 2.36. The second-order valence-electron chi connectivity index (χ2n) is 6.39. The molecule has 0 unspecified atom stereocenters. The number of hydrogen-bond donors (Lipinski definition) is 3. The number of rotatable bonds is 3. The summed E-state index contributed by atoms with van der Waals surface area (Å²) >= 11 is 6.06. The van der Waals surface area contributed by atoms with E-state index < -0.39 is 6.04 Å². The smallest absolute Gasteiger partial charge is 0.237 e. The lowest BCUT2D eigenvalue weighted by Crippen LogP contribution is -2.65. The van der Waals surface area contributed by atoms with Gasteiger partial charge in [-0.3, -0.25) is 9.59 Å². The van der Waals surface area contributed by atoms with Crippen molar-refractivity contribution in [3.63, 3.8) is 0 Å². The molecule has 124 valence electrons. The fourth-order valence-electron chi connectivity index (χ4n) is 3.40. The predicted molar refractivity (Wildman–Crippen MR) is 90.5 cm³/mol. The summed E-state index contributed by atoms with van der Waals surface area (Å²) in [7, 11) is 0. The number of hydrogen-bond acceptors (Lipinski definition) is 3. The predicted octanol–water partition coefficient (Wildman–Crippen LogP) is 2.38. The van der Waals surface area contributed by atoms with Gasteiger partial charge < -0.3 is 16.0 Å². The minimum Gasteiger partial charge on any atom is -0.350 e. The molecule has 0 radical (unpaired) electrons. The van der Waals surface area contributed by atoms with Crippen molar-refractivity contribution >= 4 is 29.1 Å². The van der Waals surface area contributed by atoms with E-state index in [1.54, 1.807) is 12.1 Å². The lowest BCUT2D eigenvalue weighted by Gasteiger charge is -2.40. The van der Waals surface area contributed by atoms with Gasteiger partial charge in [0.2, 0.25) is 11.8 Å². The highest BCUT2D eigenvalue weighted by Crippen LogP contribution is 2.24. The first-order valence-electron chi connectivity index (χ1n) is 8.16. The van der Waals surface area contributed by atoms with E-state index in [0.29, 0.717) is 10.7 Å². The molecule has 2 fully saturated rings. The molecule has 6 heteroatoms. The summed E-state index contributed by atoms with van der Waals surface area (Å²) < 4.78 is 0. The quantitative estimate of drug-likeness (QED) is 0.794. The lowest BCUT2D eigenvalue weighted by atomic mass is 9.87. The third kappa shape index (κ3) is 3.67. The third-order valence-corrected chi connectivity index (χ3v) is 5.17. The number of nitrogens with one attached hydrogen (secondary N) is 3. The van der Waals surface area contributed by atoms with E-state index in [0.717, 1.165) is 24.8 Å². The first kappa shape index (κ1) is 16.3. The van der Waals surface area contributed by atoms with Crippen LogP contribution in [0.4, 0.5) is 5.69 Å². The fourth-order valence-corrected chi connectivity index (χ4v) is 3.58. The van der Waals surface area contributed by atoms with Crippen molar-refractivity contribution in [2.45, 2.75) is 57.2 Å². The Labute approximate surface area is 141 Å². The van der Waals surface area contributed by atoms with Crippen LogP contribution in [-0.2, 0) is 9.59 Å². The van der Waals surface area contributed by atoms with Crippen LogP contribution in [0.1, 0.15) is 37.7 Å². The maximum atomic E-state index is 12.3. The molecular formula is C17H22ClN3O2. The van der Waals surface area contributed by atoms with Crippen molar-refractivity contribution in [3.8, 4) is 0 Å². The summed E-state index contributed by atoms with van der Waals surface area (Å²) in [5.41, 5.74) is 1.52. The van der Waals surface area contributed by atoms with Gasteiger partial charge in [-0.15, -0.1) is 0 Å². The number of benzene rings is 1. The molecule has 3 rings (SSSR count). The van der Waals surface area contributed by atoms with Gasteiger partial charge in [-0.1, -0.05) is 30.5 Å². The molecule has 23 heavy (non-hydrogen) atoms. The number of piperazine rings is 1. The monoisotopic (exact) mass is 335 g/mol. The minimum atomic E-state index is -0.464. The average Bonchev–Trinajstić information content (AvgIpc) is 2.52. The van der Waals surface area contributed by atoms with Crippen molar-refractivity contribution in [1.82, 2.24) is 10.6 Å². The Bertz CT molecular complexity index is 620. The summed E-state index contributed by atoms with van der Waals surface area (Å²) in [4.78, 5) is 24.5. The topological polar surface area (TPSA) is 70.2 Å². The summed E-state index contributed by atoms with van der Waals surface area (Å²) in [5.74, 6) is -0.261. The van der Waals surface area contributed by atoms with Crippen LogP contribution in [0, 0.1) is 6.92 Å². The van der Waals surface area contributed by atoms with Gasteiger partial charge in [-0.25, -0.2) is 0 Å². The van der Waals surface area contributed by atoms with Crippen LogP contribution in [0.3, 0.4) is 0 Å². The van der Waals surface area contributed by atoms with Crippen molar-refractivity contribution in [2.24, 2.45) is 0 Å². The number of amides is 2. The molecule has 1 saturated heterocycles. The molecule has 0 spiro atoms. The third-order valence-electron chi connectivity index (χ3n) is 4.76. The molecule has 1 aromatic carbocycles. The van der Waals surface area contributed by atoms with E-state index in [4.69, 9.17) is 11.6 Å². The zero-order valence-corrected chi connectivity index (χ0v) is 14.0. The Morgan fingerprint density at radius 3 is 2.83 bits per heavy atom. The van der Waals surface area contributed by atoms with E-state index in [-0.39, 0.29) is 30.3 Å². The van der Waals surface area contributed by atoms with Crippen molar-refractivity contribution in [1.29, 1.82) is 0 Å². The van der Waals surface area contributed by atoms with Gasteiger partial charge in [0.25, 0.3) is 0 Å². The Balaban J connectivity index is 1.61. The number of carbonyl (C=O) groups excluding carboxylic acids is 2. The van der Waals surface area contributed by atoms with Crippen molar-refractivity contribution in [3.05, 3.63) is 28.8 Å². The van der Waals surface area contributed by atoms with Gasteiger partial charge >= 0.3 is 0 Å². The first-order chi connectivity index (χ1) is 11.0. The van der Waals surface area contributed by atoms with Crippen molar-refractivity contribution in [2.75, 3.05) is 5.32 Å². The normalized spacial score (nSPS) is 27.0. The average molecular weight is 336 g/mol. The maximum absolute atomic E-state index is 12.3. The molecule has 3 N–H and O–H groups in total. The summed E-state index contributed by atoms with van der Waals surface area (Å²) in [5, 5.41) is 9.86. The zero-order chi connectivity index (χ0) is 16.4. The zero-order valence-electron chi connectivity index (χ0n) is 13.2. The van der Waals surface area contributed by atoms with Gasteiger partial charge in [-0.05, 0) is 37.5 Å². The number of fused-ring (bicyclic) bond motifs is 1. The molecule has 1 heterocycles. The number of anilines is 1. The number of halogens is 1. The largest absolute Gasteiger partial charge is 0.350 e. The van der Waals surface area contributed by atoms with Crippen LogP contribution >= 0.6 is 11.6 Å². The molecule has 0 bridgehead atoms. The first-order valence-corrected chi connectivity index (χ1v) is 8.54. The highest BCUT2D eigenvalue weighted by atomic mass is 35.5. The van der Waals surface area contributed by atoms with Crippen LogP contribution in [0.2, 0.25) is 5.02 Å². The Morgan fingerprint density at radius 2 is 2.04 bits per heavy atom. The van der Waals surface area contributed by atoms with Crippen LogP contribution < -0.4 is 16.0 Å². The molecule has 1 aromatic rings. The Hall–Kier alpha value is -1.59. The van der Waals surface area contributed by atoms with Crippen LogP contribution in [0.25, 0.3) is 0 Å². The second-order valence-corrected chi connectivity index (χ2v) is 6.80. The Kier molecular flexibility index (Phi) is 4.87. The molecular weight excluding hydrogens is 314 g/mol. The van der Waals surface area contributed by atoms with E-state index in [1.165, 1.54) is 6.42 Å². The SMILES string of the molecule is Cc1c(Cl)cccc1NC(=O)C[C@@H]1N[C@H]2CCCC[C@H]2NC1=O. The summed E-state index contributed by atoms with van der Waals surface area (Å²) in [6.07, 6.45) is 4.52. The van der Waals surface area contributed by atoms with E-state index in [9.17, 15) is 9.59 Å².